The molecule has 1 aromatic carbocycles. The van der Waals surface area contributed by atoms with Crippen molar-refractivity contribution < 1.29 is 5.11 Å². The maximum Gasteiger partial charge on any atom is 0.113 e. The van der Waals surface area contributed by atoms with Crippen LogP contribution >= 0.6 is 15.9 Å². The van der Waals surface area contributed by atoms with Crippen LogP contribution in [0.4, 0.5) is 0 Å². The first-order chi connectivity index (χ1) is 5.72. The lowest BCUT2D eigenvalue weighted by Gasteiger charge is -2.01. The third kappa shape index (κ3) is 2.65. The summed E-state index contributed by atoms with van der Waals surface area (Å²) in [4.78, 5) is 0. The van der Waals surface area contributed by atoms with Gasteiger partial charge in [0.1, 0.15) is 5.01 Å². The fraction of sp³-hybridized carbons (Fsp3) is 0.222. The van der Waals surface area contributed by atoms with E-state index in [1.54, 1.807) is 12.1 Å². The van der Waals surface area contributed by atoms with Crippen molar-refractivity contribution >= 4 is 15.9 Å². The second-order valence-electron chi connectivity index (χ2n) is 2.45. The topological polar surface area (TPSA) is 44.0 Å². The van der Waals surface area contributed by atoms with Gasteiger partial charge >= 0.3 is 0 Å². The Labute approximate surface area is 79.6 Å². The average molecular weight is 226 g/mol. The molecule has 0 aromatic heterocycles. The van der Waals surface area contributed by atoms with Crippen LogP contribution in [0.1, 0.15) is 11.1 Å². The van der Waals surface area contributed by atoms with Crippen molar-refractivity contribution in [1.29, 1.82) is 5.26 Å². The number of aliphatic hydroxyl groups excluding tert-OH is 1. The Balaban J connectivity index is 2.73. The third-order valence-electron chi connectivity index (χ3n) is 1.49. The first-order valence-electron chi connectivity index (χ1n) is 3.53. The lowest BCUT2D eigenvalue weighted by Crippen LogP contribution is -1.99. The van der Waals surface area contributed by atoms with E-state index < -0.39 is 5.01 Å². The predicted octanol–water partition coefficient (Wildman–Crippen LogP) is 1.81. The molecular weight excluding hydrogens is 218 g/mol. The number of benzene rings is 1. The minimum atomic E-state index is -0.509. The lowest BCUT2D eigenvalue weighted by atomic mass is 10.1. The van der Waals surface area contributed by atoms with Crippen LogP contribution in [0.25, 0.3) is 0 Å². The Kier molecular flexibility index (Phi) is 3.27. The molecule has 0 amide bonds. The van der Waals surface area contributed by atoms with Crippen LogP contribution in [0, 0.1) is 11.3 Å². The van der Waals surface area contributed by atoms with Crippen LogP contribution in [0.2, 0.25) is 0 Å². The summed E-state index contributed by atoms with van der Waals surface area (Å²) >= 11 is 3.04. The summed E-state index contributed by atoms with van der Waals surface area (Å²) in [6, 6.07) is 9.19. The summed E-state index contributed by atoms with van der Waals surface area (Å²) in [5.41, 5.74) is 1.65. The molecule has 3 heteroatoms. The molecule has 0 saturated heterocycles. The van der Waals surface area contributed by atoms with Gasteiger partial charge in [-0.05, 0) is 17.7 Å². The highest BCUT2D eigenvalue weighted by atomic mass is 79.9. The SMILES string of the molecule is N#Cc1ccc(CC(O)Br)cc1. The zero-order valence-corrected chi connectivity index (χ0v) is 7.95. The molecule has 1 N–H and O–H groups in total. The molecule has 0 fully saturated rings. The van der Waals surface area contributed by atoms with Crippen molar-refractivity contribution in [3.63, 3.8) is 0 Å². The number of rotatable bonds is 2. The minimum absolute atomic E-state index is 0.509. The largest absolute Gasteiger partial charge is 0.382 e. The minimum Gasteiger partial charge on any atom is -0.382 e. The van der Waals surface area contributed by atoms with E-state index in [-0.39, 0.29) is 0 Å². The van der Waals surface area contributed by atoms with E-state index >= 15 is 0 Å². The Hall–Kier alpha value is -0.850. The van der Waals surface area contributed by atoms with Gasteiger partial charge in [0.25, 0.3) is 0 Å². The number of nitriles is 1. The fourth-order valence-electron chi connectivity index (χ4n) is 0.910. The van der Waals surface area contributed by atoms with Crippen molar-refractivity contribution in [3.05, 3.63) is 35.4 Å². The smallest absolute Gasteiger partial charge is 0.113 e. The Morgan fingerprint density at radius 3 is 2.42 bits per heavy atom. The molecule has 2 nitrogen and oxygen atoms in total. The van der Waals surface area contributed by atoms with Gasteiger partial charge in [-0.1, -0.05) is 28.1 Å². The maximum absolute atomic E-state index is 8.98. The molecule has 1 aromatic rings. The van der Waals surface area contributed by atoms with E-state index in [4.69, 9.17) is 10.4 Å². The van der Waals surface area contributed by atoms with E-state index in [9.17, 15) is 0 Å². The Morgan fingerprint density at radius 2 is 2.00 bits per heavy atom. The highest BCUT2D eigenvalue weighted by Crippen LogP contribution is 2.08. The van der Waals surface area contributed by atoms with Gasteiger partial charge in [-0.2, -0.15) is 5.26 Å². The van der Waals surface area contributed by atoms with Crippen LogP contribution in [-0.4, -0.2) is 10.1 Å². The van der Waals surface area contributed by atoms with Gasteiger partial charge in [0.05, 0.1) is 11.6 Å². The third-order valence-corrected chi connectivity index (χ3v) is 1.81. The van der Waals surface area contributed by atoms with Gasteiger partial charge in [0, 0.05) is 6.42 Å². The van der Waals surface area contributed by atoms with E-state index in [1.165, 1.54) is 0 Å². The normalized spacial score (nSPS) is 12.1. The summed E-state index contributed by atoms with van der Waals surface area (Å²) in [6.07, 6.45) is 0.561. The summed E-state index contributed by atoms with van der Waals surface area (Å²) in [5, 5.41) is 17.0. The van der Waals surface area contributed by atoms with E-state index in [2.05, 4.69) is 15.9 Å². The molecule has 0 aliphatic heterocycles. The number of hydrogen-bond acceptors (Lipinski definition) is 2. The summed E-state index contributed by atoms with van der Waals surface area (Å²) in [6.45, 7) is 0. The van der Waals surface area contributed by atoms with Crippen molar-refractivity contribution in [3.8, 4) is 6.07 Å². The van der Waals surface area contributed by atoms with E-state index in [0.29, 0.717) is 12.0 Å². The van der Waals surface area contributed by atoms with Crippen LogP contribution in [0.3, 0.4) is 0 Å². The molecule has 12 heavy (non-hydrogen) atoms. The molecule has 0 aliphatic carbocycles. The van der Waals surface area contributed by atoms with Crippen LogP contribution in [0.5, 0.6) is 0 Å². The quantitative estimate of drug-likeness (QED) is 0.781. The van der Waals surface area contributed by atoms with E-state index in [0.717, 1.165) is 5.56 Å². The van der Waals surface area contributed by atoms with Crippen LogP contribution in [-0.2, 0) is 6.42 Å². The van der Waals surface area contributed by atoms with Gasteiger partial charge in [-0.3, -0.25) is 0 Å². The average Bonchev–Trinajstić information content (AvgIpc) is 2.05. The number of halogens is 1. The molecule has 0 radical (unpaired) electrons. The van der Waals surface area contributed by atoms with Gasteiger partial charge in [0.2, 0.25) is 0 Å². The molecule has 1 rings (SSSR count). The van der Waals surface area contributed by atoms with Gasteiger partial charge in [-0.15, -0.1) is 0 Å². The summed E-state index contributed by atoms with van der Waals surface area (Å²) in [7, 11) is 0. The van der Waals surface area contributed by atoms with Crippen molar-refractivity contribution in [2.24, 2.45) is 0 Å². The molecule has 0 spiro atoms. The van der Waals surface area contributed by atoms with Crippen molar-refractivity contribution in [2.45, 2.75) is 11.4 Å². The van der Waals surface area contributed by atoms with Crippen LogP contribution in [0.15, 0.2) is 24.3 Å². The molecule has 0 heterocycles. The molecule has 62 valence electrons. The number of aliphatic hydroxyl groups is 1. The summed E-state index contributed by atoms with van der Waals surface area (Å²) < 4.78 is 0. The second kappa shape index (κ2) is 4.24. The highest BCUT2D eigenvalue weighted by Gasteiger charge is 1.99. The highest BCUT2D eigenvalue weighted by molar-refractivity contribution is 9.09. The van der Waals surface area contributed by atoms with E-state index in [1.807, 2.05) is 18.2 Å². The summed E-state index contributed by atoms with van der Waals surface area (Å²) in [5.74, 6) is 0. The zero-order chi connectivity index (χ0) is 8.97. The van der Waals surface area contributed by atoms with Crippen molar-refractivity contribution in [1.82, 2.24) is 0 Å². The van der Waals surface area contributed by atoms with Crippen molar-refractivity contribution in [2.75, 3.05) is 0 Å². The second-order valence-corrected chi connectivity index (χ2v) is 3.50. The predicted molar refractivity (Wildman–Crippen MR) is 49.8 cm³/mol. The lowest BCUT2D eigenvalue weighted by molar-refractivity contribution is 0.271. The first kappa shape index (κ1) is 9.24. The van der Waals surface area contributed by atoms with Gasteiger partial charge in [0.15, 0.2) is 0 Å². The Bertz CT molecular complexity index is 286. The number of nitrogens with zero attached hydrogens (tertiary/aromatic N) is 1. The monoisotopic (exact) mass is 225 g/mol. The fourth-order valence-corrected chi connectivity index (χ4v) is 1.28. The molecule has 0 aliphatic rings. The molecule has 0 saturated carbocycles. The molecule has 0 bridgehead atoms. The first-order valence-corrected chi connectivity index (χ1v) is 4.45. The number of hydrogen-bond donors (Lipinski definition) is 1. The molecule has 1 atom stereocenters. The molecule has 1 unspecified atom stereocenters. The standard InChI is InChI=1S/C9H8BrNO/c10-9(12)5-7-1-3-8(6-11)4-2-7/h1-4,9,12H,5H2. The van der Waals surface area contributed by atoms with Crippen LogP contribution < -0.4 is 0 Å². The van der Waals surface area contributed by atoms with Gasteiger partial charge < -0.3 is 5.11 Å². The maximum atomic E-state index is 8.98. The van der Waals surface area contributed by atoms with Gasteiger partial charge in [-0.25, -0.2) is 0 Å². The molecular formula is C9H8BrNO. The number of alkyl halides is 1. The zero-order valence-electron chi connectivity index (χ0n) is 6.37. The Morgan fingerprint density at radius 1 is 1.42 bits per heavy atom.